The summed E-state index contributed by atoms with van der Waals surface area (Å²) in [6.07, 6.45) is 3.92. The van der Waals surface area contributed by atoms with Gasteiger partial charge in [-0.15, -0.1) is 6.42 Å². The van der Waals surface area contributed by atoms with Gasteiger partial charge in [-0.05, 0) is 20.8 Å². The maximum absolute atomic E-state index is 5.46. The Hall–Kier alpha value is 0.130. The molecule has 0 radical (unpaired) electrons. The van der Waals surface area contributed by atoms with Gasteiger partial charge in [-0.2, -0.15) is 0 Å². The van der Waals surface area contributed by atoms with Gasteiger partial charge >= 0.3 is 0 Å². The predicted octanol–water partition coefficient (Wildman–Crippen LogP) is 0.805. The van der Waals surface area contributed by atoms with Crippen LogP contribution in [0, 0.1) is 12.3 Å². The Morgan fingerprint density at radius 3 is 2.36 bits per heavy atom. The summed E-state index contributed by atoms with van der Waals surface area (Å²) in [5, 5.41) is 0. The molecule has 62 valence electrons. The van der Waals surface area contributed by atoms with Gasteiger partial charge < -0.3 is 0 Å². The Balaban J connectivity index is 2.91. The smallest absolute Gasteiger partial charge is 0.0889 e. The van der Waals surface area contributed by atoms with Crippen molar-refractivity contribution in [1.82, 2.24) is 9.34 Å². The van der Waals surface area contributed by atoms with Crippen LogP contribution < -0.4 is 0 Å². The van der Waals surface area contributed by atoms with E-state index < -0.39 is 6.34 Å². The van der Waals surface area contributed by atoms with Crippen LogP contribution in [0.25, 0.3) is 0 Å². The molecule has 1 heterocycles. The second kappa shape index (κ2) is 2.88. The average Bonchev–Trinajstić information content (AvgIpc) is 2.14. The minimum Gasteiger partial charge on any atom is -0.264 e. The van der Waals surface area contributed by atoms with E-state index in [2.05, 4.69) is 29.0 Å². The normalized spacial score (nSPS) is 40.7. The summed E-state index contributed by atoms with van der Waals surface area (Å²) in [4.78, 5) is 0. The molecule has 2 atom stereocenters. The van der Waals surface area contributed by atoms with Crippen LogP contribution in [0.5, 0.6) is 0 Å². The van der Waals surface area contributed by atoms with Crippen molar-refractivity contribution >= 4 is 18.1 Å². The van der Waals surface area contributed by atoms with Gasteiger partial charge in [0.05, 0.1) is 12.4 Å². The van der Waals surface area contributed by atoms with Gasteiger partial charge in [-0.1, -0.05) is 17.7 Å². The fraction of sp³-hybridized carbons (Fsp3) is 0.714. The van der Waals surface area contributed by atoms with Crippen LogP contribution in [0.2, 0.25) is 0 Å². The van der Waals surface area contributed by atoms with E-state index in [0.717, 1.165) is 6.54 Å². The molecule has 1 aliphatic heterocycles. The monoisotopic (exact) mass is 188 g/mol. The summed E-state index contributed by atoms with van der Waals surface area (Å²) in [6.45, 7) is 3.03. The third-order valence-electron chi connectivity index (χ3n) is 2.30. The summed E-state index contributed by atoms with van der Waals surface area (Å²) in [5.74, 6) is 2.75. The molecule has 0 amide bonds. The van der Waals surface area contributed by atoms with Crippen molar-refractivity contribution in [1.29, 1.82) is 0 Å². The standard InChI is InChI=1S/C7H13N2PS/c1-5-7-6-8(2)10(4,11)9(7)3/h1,7H,6H2,2-4H3. The zero-order valence-electron chi connectivity index (χ0n) is 7.11. The molecule has 0 aliphatic carbocycles. The highest BCUT2D eigenvalue weighted by Crippen LogP contribution is 2.53. The number of nitrogens with zero attached hydrogens (tertiary/aromatic N) is 2. The molecule has 1 saturated heterocycles. The number of likely N-dealkylation sites (N-methyl/N-ethyl adjacent to an activating group) is 2. The summed E-state index contributed by atoms with van der Waals surface area (Å²) in [6, 6.07) is 0.218. The quantitative estimate of drug-likeness (QED) is 0.410. The van der Waals surface area contributed by atoms with E-state index in [0.29, 0.717) is 0 Å². The Labute approximate surface area is 73.7 Å². The molecule has 1 aliphatic rings. The van der Waals surface area contributed by atoms with Gasteiger partial charge in [0.1, 0.15) is 0 Å². The topological polar surface area (TPSA) is 6.48 Å². The first-order valence-corrected chi connectivity index (χ1v) is 6.64. The van der Waals surface area contributed by atoms with E-state index in [1.165, 1.54) is 0 Å². The molecule has 4 heteroatoms. The lowest BCUT2D eigenvalue weighted by Gasteiger charge is -2.25. The van der Waals surface area contributed by atoms with E-state index in [4.69, 9.17) is 18.2 Å². The van der Waals surface area contributed by atoms with Crippen molar-refractivity contribution in [2.24, 2.45) is 0 Å². The SMILES string of the molecule is C#CC1CN(C)P(C)(=S)N1C. The first-order chi connectivity index (χ1) is 5.00. The molecule has 0 N–H and O–H groups in total. The first-order valence-electron chi connectivity index (χ1n) is 3.48. The lowest BCUT2D eigenvalue weighted by Crippen LogP contribution is -2.22. The Bertz CT molecular complexity index is 245. The zero-order valence-corrected chi connectivity index (χ0v) is 8.82. The molecule has 11 heavy (non-hydrogen) atoms. The molecular weight excluding hydrogens is 175 g/mol. The molecule has 0 aromatic carbocycles. The van der Waals surface area contributed by atoms with E-state index in [9.17, 15) is 0 Å². The summed E-state index contributed by atoms with van der Waals surface area (Å²) >= 11 is 5.46. The van der Waals surface area contributed by atoms with E-state index in [-0.39, 0.29) is 6.04 Å². The third-order valence-corrected chi connectivity index (χ3v) is 6.79. The summed E-state index contributed by atoms with van der Waals surface area (Å²) in [7, 11) is 4.07. The molecule has 1 fully saturated rings. The molecule has 0 aromatic heterocycles. The van der Waals surface area contributed by atoms with Gasteiger partial charge in [-0.3, -0.25) is 9.34 Å². The first kappa shape index (κ1) is 9.22. The summed E-state index contributed by atoms with van der Waals surface area (Å²) in [5.41, 5.74) is 0. The van der Waals surface area contributed by atoms with Gasteiger partial charge in [0, 0.05) is 6.54 Å². The van der Waals surface area contributed by atoms with E-state index >= 15 is 0 Å². The minimum absolute atomic E-state index is 0.218. The van der Waals surface area contributed by atoms with Crippen molar-refractivity contribution in [3.05, 3.63) is 0 Å². The molecule has 0 spiro atoms. The largest absolute Gasteiger partial charge is 0.264 e. The predicted molar refractivity (Wildman–Crippen MR) is 53.2 cm³/mol. The minimum atomic E-state index is -1.44. The molecule has 0 aromatic rings. The molecule has 2 unspecified atom stereocenters. The Morgan fingerprint density at radius 2 is 2.18 bits per heavy atom. The second-order valence-electron chi connectivity index (χ2n) is 2.93. The van der Waals surface area contributed by atoms with Gasteiger partial charge in [0.25, 0.3) is 0 Å². The highest BCUT2D eigenvalue weighted by Gasteiger charge is 2.35. The molecular formula is C7H13N2PS. The van der Waals surface area contributed by atoms with Gasteiger partial charge in [0.15, 0.2) is 0 Å². The highest BCUT2D eigenvalue weighted by atomic mass is 32.4. The van der Waals surface area contributed by atoms with E-state index in [1.807, 2.05) is 7.05 Å². The van der Waals surface area contributed by atoms with Crippen LogP contribution in [-0.4, -0.2) is 42.7 Å². The lowest BCUT2D eigenvalue weighted by atomic mass is 10.3. The fourth-order valence-electron chi connectivity index (χ4n) is 1.18. The van der Waals surface area contributed by atoms with Crippen molar-refractivity contribution < 1.29 is 0 Å². The number of hydrogen-bond donors (Lipinski definition) is 0. The van der Waals surface area contributed by atoms with Crippen molar-refractivity contribution in [3.63, 3.8) is 0 Å². The van der Waals surface area contributed by atoms with Crippen LogP contribution in [0.4, 0.5) is 0 Å². The number of terminal acetylenes is 1. The maximum atomic E-state index is 5.46. The number of hydrogen-bond acceptors (Lipinski definition) is 1. The second-order valence-corrected chi connectivity index (χ2v) is 7.99. The molecule has 0 saturated carbocycles. The lowest BCUT2D eigenvalue weighted by molar-refractivity contribution is 0.482. The van der Waals surface area contributed by atoms with Crippen molar-refractivity contribution in [2.45, 2.75) is 6.04 Å². The van der Waals surface area contributed by atoms with Crippen LogP contribution in [0.1, 0.15) is 0 Å². The molecule has 1 rings (SSSR count). The Morgan fingerprint density at radius 1 is 1.64 bits per heavy atom. The molecule has 0 bridgehead atoms. The molecule has 2 nitrogen and oxygen atoms in total. The van der Waals surface area contributed by atoms with Crippen LogP contribution in [-0.2, 0) is 11.8 Å². The summed E-state index contributed by atoms with van der Waals surface area (Å²) < 4.78 is 4.36. The maximum Gasteiger partial charge on any atom is 0.0889 e. The highest BCUT2D eigenvalue weighted by molar-refractivity contribution is 8.12. The van der Waals surface area contributed by atoms with Crippen molar-refractivity contribution in [3.8, 4) is 12.3 Å². The fourth-order valence-corrected chi connectivity index (χ4v) is 3.32. The number of rotatable bonds is 0. The third kappa shape index (κ3) is 1.37. The van der Waals surface area contributed by atoms with Gasteiger partial charge in [0.2, 0.25) is 0 Å². The van der Waals surface area contributed by atoms with Crippen LogP contribution in [0.3, 0.4) is 0 Å². The van der Waals surface area contributed by atoms with Crippen molar-refractivity contribution in [2.75, 3.05) is 27.3 Å². The zero-order chi connectivity index (χ0) is 8.65. The van der Waals surface area contributed by atoms with Gasteiger partial charge in [-0.25, -0.2) is 0 Å². The van der Waals surface area contributed by atoms with E-state index in [1.54, 1.807) is 0 Å². The van der Waals surface area contributed by atoms with Crippen LogP contribution in [0.15, 0.2) is 0 Å². The van der Waals surface area contributed by atoms with Crippen LogP contribution >= 0.6 is 6.34 Å². The Kier molecular flexibility index (Phi) is 2.41. The average molecular weight is 188 g/mol.